The van der Waals surface area contributed by atoms with E-state index < -0.39 is 18.1 Å². The first-order valence-electron chi connectivity index (χ1n) is 11.1. The Labute approximate surface area is 188 Å². The van der Waals surface area contributed by atoms with E-state index in [1.54, 1.807) is 0 Å². The molecule has 0 aromatic heterocycles. The van der Waals surface area contributed by atoms with Crippen LogP contribution in [0.1, 0.15) is 50.2 Å². The lowest BCUT2D eigenvalue weighted by Crippen LogP contribution is -2.42. The SMILES string of the molecule is CCCN(CC(=O)O)C(=O)C[C@@H](CC)NC(=O)OCC1c2ccccc2-c2ccccc21. The highest BCUT2D eigenvalue weighted by molar-refractivity contribution is 5.82. The average molecular weight is 439 g/mol. The van der Waals surface area contributed by atoms with Crippen LogP contribution in [-0.2, 0) is 14.3 Å². The summed E-state index contributed by atoms with van der Waals surface area (Å²) in [5.74, 6) is -1.38. The molecule has 0 saturated heterocycles. The number of rotatable bonds is 10. The van der Waals surface area contributed by atoms with E-state index in [9.17, 15) is 14.4 Å². The summed E-state index contributed by atoms with van der Waals surface area (Å²) < 4.78 is 5.56. The van der Waals surface area contributed by atoms with Gasteiger partial charge in [-0.2, -0.15) is 0 Å². The number of carboxylic acid groups (broad SMARTS) is 1. The van der Waals surface area contributed by atoms with Crippen molar-refractivity contribution in [3.8, 4) is 11.1 Å². The topological polar surface area (TPSA) is 95.9 Å². The van der Waals surface area contributed by atoms with Crippen LogP contribution in [0.3, 0.4) is 0 Å². The summed E-state index contributed by atoms with van der Waals surface area (Å²) in [6, 6.07) is 15.8. The molecule has 2 aromatic rings. The number of fused-ring (bicyclic) bond motifs is 3. The molecule has 0 aliphatic heterocycles. The lowest BCUT2D eigenvalue weighted by atomic mass is 9.98. The molecule has 2 N–H and O–H groups in total. The van der Waals surface area contributed by atoms with E-state index in [2.05, 4.69) is 29.6 Å². The van der Waals surface area contributed by atoms with E-state index in [0.29, 0.717) is 19.4 Å². The fourth-order valence-electron chi connectivity index (χ4n) is 4.17. The minimum Gasteiger partial charge on any atom is -0.480 e. The number of aliphatic carboxylic acids is 1. The van der Waals surface area contributed by atoms with Gasteiger partial charge in [0.25, 0.3) is 0 Å². The maximum atomic E-state index is 12.5. The van der Waals surface area contributed by atoms with Gasteiger partial charge >= 0.3 is 12.1 Å². The smallest absolute Gasteiger partial charge is 0.407 e. The number of hydrogen-bond acceptors (Lipinski definition) is 4. The van der Waals surface area contributed by atoms with Crippen LogP contribution in [0.15, 0.2) is 48.5 Å². The third-order valence-corrected chi connectivity index (χ3v) is 5.75. The van der Waals surface area contributed by atoms with Crippen LogP contribution in [-0.4, -0.2) is 53.7 Å². The molecule has 2 aromatic carbocycles. The lowest BCUT2D eigenvalue weighted by Gasteiger charge is -2.23. The summed E-state index contributed by atoms with van der Waals surface area (Å²) in [5, 5.41) is 11.8. The second-order valence-corrected chi connectivity index (χ2v) is 7.99. The number of nitrogens with one attached hydrogen (secondary N) is 1. The summed E-state index contributed by atoms with van der Waals surface area (Å²) in [5.41, 5.74) is 4.58. The molecule has 2 amide bonds. The van der Waals surface area contributed by atoms with Crippen molar-refractivity contribution in [2.24, 2.45) is 0 Å². The molecular formula is C25H30N2O5. The summed E-state index contributed by atoms with van der Waals surface area (Å²) >= 11 is 0. The molecule has 32 heavy (non-hydrogen) atoms. The number of alkyl carbamates (subject to hydrolysis) is 1. The average Bonchev–Trinajstić information content (AvgIpc) is 3.10. The summed E-state index contributed by atoms with van der Waals surface area (Å²) in [7, 11) is 0. The van der Waals surface area contributed by atoms with Gasteiger partial charge in [0.2, 0.25) is 5.91 Å². The first-order valence-corrected chi connectivity index (χ1v) is 11.1. The lowest BCUT2D eigenvalue weighted by molar-refractivity contribution is -0.144. The zero-order valence-corrected chi connectivity index (χ0v) is 18.5. The zero-order chi connectivity index (χ0) is 23.1. The van der Waals surface area contributed by atoms with E-state index in [4.69, 9.17) is 9.84 Å². The van der Waals surface area contributed by atoms with Crippen LogP contribution in [0.25, 0.3) is 11.1 Å². The summed E-state index contributed by atoms with van der Waals surface area (Å²) in [6.45, 7) is 3.98. The second-order valence-electron chi connectivity index (χ2n) is 7.99. The molecule has 0 unspecified atom stereocenters. The number of benzene rings is 2. The maximum Gasteiger partial charge on any atom is 0.407 e. The van der Waals surface area contributed by atoms with Gasteiger partial charge in [0, 0.05) is 24.9 Å². The minimum atomic E-state index is -1.05. The predicted octanol–water partition coefficient (Wildman–Crippen LogP) is 4.02. The van der Waals surface area contributed by atoms with Crippen LogP contribution >= 0.6 is 0 Å². The molecule has 0 heterocycles. The molecule has 7 heteroatoms. The Morgan fingerprint density at radius 1 is 1.03 bits per heavy atom. The third kappa shape index (κ3) is 5.46. The Morgan fingerprint density at radius 3 is 2.16 bits per heavy atom. The van der Waals surface area contributed by atoms with Gasteiger partial charge in [-0.05, 0) is 35.1 Å². The van der Waals surface area contributed by atoms with Crippen molar-refractivity contribution < 1.29 is 24.2 Å². The Bertz CT molecular complexity index is 929. The highest BCUT2D eigenvalue weighted by Crippen LogP contribution is 2.44. The molecule has 1 atom stereocenters. The van der Waals surface area contributed by atoms with Gasteiger partial charge in [-0.1, -0.05) is 62.4 Å². The highest BCUT2D eigenvalue weighted by atomic mass is 16.5. The minimum absolute atomic E-state index is 0.0357. The molecule has 0 bridgehead atoms. The van der Waals surface area contributed by atoms with Crippen molar-refractivity contribution in [2.75, 3.05) is 19.7 Å². The number of carbonyl (C=O) groups excluding carboxylic acids is 2. The normalized spacial score (nSPS) is 13.1. The van der Waals surface area contributed by atoms with Crippen molar-refractivity contribution in [3.05, 3.63) is 59.7 Å². The molecular weight excluding hydrogens is 408 g/mol. The van der Waals surface area contributed by atoms with Gasteiger partial charge in [-0.25, -0.2) is 4.79 Å². The van der Waals surface area contributed by atoms with Gasteiger partial charge in [0.05, 0.1) is 0 Å². The van der Waals surface area contributed by atoms with E-state index in [1.807, 2.05) is 38.1 Å². The highest BCUT2D eigenvalue weighted by Gasteiger charge is 2.29. The third-order valence-electron chi connectivity index (χ3n) is 5.75. The van der Waals surface area contributed by atoms with Gasteiger partial charge < -0.3 is 20.1 Å². The second kappa shape index (κ2) is 10.8. The molecule has 7 nitrogen and oxygen atoms in total. The van der Waals surface area contributed by atoms with Crippen LogP contribution in [0.5, 0.6) is 0 Å². The van der Waals surface area contributed by atoms with Gasteiger partial charge in [0.15, 0.2) is 0 Å². The largest absolute Gasteiger partial charge is 0.480 e. The predicted molar refractivity (Wildman–Crippen MR) is 121 cm³/mol. The van der Waals surface area contributed by atoms with Crippen LogP contribution < -0.4 is 5.32 Å². The Morgan fingerprint density at radius 2 is 1.62 bits per heavy atom. The molecule has 3 rings (SSSR count). The van der Waals surface area contributed by atoms with E-state index >= 15 is 0 Å². The van der Waals surface area contributed by atoms with Crippen LogP contribution in [0.4, 0.5) is 4.79 Å². The maximum absolute atomic E-state index is 12.5. The van der Waals surface area contributed by atoms with E-state index in [0.717, 1.165) is 22.3 Å². The number of carbonyl (C=O) groups is 3. The van der Waals surface area contributed by atoms with Crippen molar-refractivity contribution in [1.29, 1.82) is 0 Å². The number of ether oxygens (including phenoxy) is 1. The fourth-order valence-corrected chi connectivity index (χ4v) is 4.17. The number of amides is 2. The van der Waals surface area contributed by atoms with Crippen LogP contribution in [0, 0.1) is 0 Å². The quantitative estimate of drug-likeness (QED) is 0.584. The van der Waals surface area contributed by atoms with Crippen molar-refractivity contribution >= 4 is 18.0 Å². The van der Waals surface area contributed by atoms with Crippen molar-refractivity contribution in [3.63, 3.8) is 0 Å². The Kier molecular flexibility index (Phi) is 7.87. The van der Waals surface area contributed by atoms with E-state index in [1.165, 1.54) is 4.90 Å². The van der Waals surface area contributed by atoms with E-state index in [-0.39, 0.29) is 31.4 Å². The van der Waals surface area contributed by atoms with Gasteiger partial charge in [-0.3, -0.25) is 9.59 Å². The summed E-state index contributed by atoms with van der Waals surface area (Å²) in [4.78, 5) is 37.4. The first-order chi connectivity index (χ1) is 15.4. The first kappa shape index (κ1) is 23.3. The monoisotopic (exact) mass is 438 g/mol. The number of hydrogen-bond donors (Lipinski definition) is 2. The molecule has 0 fully saturated rings. The van der Waals surface area contributed by atoms with Crippen molar-refractivity contribution in [2.45, 2.75) is 45.1 Å². The molecule has 0 saturated carbocycles. The molecule has 1 aliphatic rings. The van der Waals surface area contributed by atoms with Gasteiger partial charge in [0.1, 0.15) is 13.2 Å². The Hall–Kier alpha value is -3.35. The van der Waals surface area contributed by atoms with Gasteiger partial charge in [-0.15, -0.1) is 0 Å². The van der Waals surface area contributed by atoms with Crippen molar-refractivity contribution in [1.82, 2.24) is 10.2 Å². The Balaban J connectivity index is 1.59. The molecule has 0 spiro atoms. The molecule has 0 radical (unpaired) electrons. The molecule has 1 aliphatic carbocycles. The fraction of sp³-hybridized carbons (Fsp3) is 0.400. The summed E-state index contributed by atoms with van der Waals surface area (Å²) in [6.07, 6.45) is 0.652. The zero-order valence-electron chi connectivity index (χ0n) is 18.5. The molecule has 170 valence electrons. The standard InChI is InChI=1S/C25H30N2O5/c1-3-13-27(15-24(29)30)23(28)14-17(4-2)26-25(31)32-16-22-20-11-7-5-9-18(20)19-10-6-8-12-21(19)22/h5-12,17,22H,3-4,13-16H2,1-2H3,(H,26,31)(H,29,30)/t17-/m1/s1. The number of nitrogens with zero attached hydrogens (tertiary/aromatic N) is 1. The number of carboxylic acids is 1. The van der Waals surface area contributed by atoms with Crippen LogP contribution in [0.2, 0.25) is 0 Å².